The van der Waals surface area contributed by atoms with E-state index in [0.29, 0.717) is 17.9 Å². The molecule has 0 aliphatic carbocycles. The van der Waals surface area contributed by atoms with Gasteiger partial charge in [0.05, 0.1) is 42.1 Å². The van der Waals surface area contributed by atoms with Crippen LogP contribution >= 0.6 is 0 Å². The number of carbonyl (C=O) groups is 1. The number of amides is 1. The zero-order valence-corrected chi connectivity index (χ0v) is 24.5. The SMILES string of the molecule is CC(=NC(=O)C1(C)CCN(c2ccc(-c3cc(OCCN4CCOCC4)cn4ncc(C#N)c34)cn2)CC1)C(C)C. The lowest BCUT2D eigenvalue weighted by atomic mass is 9.79. The summed E-state index contributed by atoms with van der Waals surface area (Å²) in [6, 6.07) is 8.25. The van der Waals surface area contributed by atoms with E-state index >= 15 is 0 Å². The minimum atomic E-state index is -0.448. The lowest BCUT2D eigenvalue weighted by molar-refractivity contribution is -0.127. The molecule has 2 aliphatic heterocycles. The van der Waals surface area contributed by atoms with Gasteiger partial charge in [-0.15, -0.1) is 0 Å². The molecule has 3 aromatic rings. The Hall–Kier alpha value is -3.81. The molecule has 5 rings (SSSR count). The highest BCUT2D eigenvalue weighted by Gasteiger charge is 2.37. The molecular weight excluding hydrogens is 518 g/mol. The number of hydrogen-bond acceptors (Lipinski definition) is 8. The topological polar surface area (TPSA) is 108 Å². The number of piperidine rings is 1. The predicted octanol–water partition coefficient (Wildman–Crippen LogP) is 4.23. The molecule has 1 amide bonds. The summed E-state index contributed by atoms with van der Waals surface area (Å²) in [5.74, 6) is 1.80. The van der Waals surface area contributed by atoms with Gasteiger partial charge in [0.15, 0.2) is 0 Å². The lowest BCUT2D eigenvalue weighted by Gasteiger charge is -2.38. The molecule has 41 heavy (non-hydrogen) atoms. The van der Waals surface area contributed by atoms with Gasteiger partial charge in [-0.05, 0) is 43.9 Å². The van der Waals surface area contributed by atoms with Gasteiger partial charge < -0.3 is 14.4 Å². The number of ether oxygens (including phenoxy) is 2. The molecule has 10 nitrogen and oxygen atoms in total. The number of aliphatic imine (C=N–C) groups is 1. The van der Waals surface area contributed by atoms with E-state index in [1.807, 2.05) is 44.4 Å². The zero-order chi connectivity index (χ0) is 29.0. The van der Waals surface area contributed by atoms with Crippen molar-refractivity contribution in [1.82, 2.24) is 19.5 Å². The predicted molar refractivity (Wildman–Crippen MR) is 158 cm³/mol. The molecule has 0 radical (unpaired) electrons. The number of hydrogen-bond donors (Lipinski definition) is 0. The smallest absolute Gasteiger partial charge is 0.251 e. The average molecular weight is 558 g/mol. The highest BCUT2D eigenvalue weighted by molar-refractivity contribution is 5.97. The maximum absolute atomic E-state index is 12.9. The van der Waals surface area contributed by atoms with E-state index < -0.39 is 5.41 Å². The fraction of sp³-hybridized carbons (Fsp3) is 0.516. The van der Waals surface area contributed by atoms with E-state index in [2.05, 4.69) is 39.8 Å². The van der Waals surface area contributed by atoms with E-state index in [1.54, 1.807) is 10.7 Å². The number of fused-ring (bicyclic) bond motifs is 1. The molecule has 0 unspecified atom stereocenters. The Morgan fingerprint density at radius 3 is 2.61 bits per heavy atom. The fourth-order valence-electron chi connectivity index (χ4n) is 5.20. The van der Waals surface area contributed by atoms with Crippen molar-refractivity contribution >= 4 is 23.0 Å². The van der Waals surface area contributed by atoms with Gasteiger partial charge in [0.25, 0.3) is 5.91 Å². The standard InChI is InChI=1S/C31H39N7O3/c1-22(2)23(3)35-30(39)31(4)7-9-37(10-8-31)28-6-5-24(19-33-28)27-17-26(21-38-29(27)25(18-32)20-34-38)41-16-13-36-11-14-40-15-12-36/h5-6,17,19-22H,7-16H2,1-4H3. The van der Waals surface area contributed by atoms with Gasteiger partial charge in [-0.1, -0.05) is 20.8 Å². The Kier molecular flexibility index (Phi) is 8.66. The van der Waals surface area contributed by atoms with Crippen LogP contribution < -0.4 is 9.64 Å². The van der Waals surface area contributed by atoms with Gasteiger partial charge in [-0.25, -0.2) is 14.5 Å². The lowest BCUT2D eigenvalue weighted by Crippen LogP contribution is -2.42. The first kappa shape index (κ1) is 28.7. The molecule has 5 heterocycles. The van der Waals surface area contributed by atoms with Gasteiger partial charge in [0, 0.05) is 55.8 Å². The Morgan fingerprint density at radius 1 is 1.20 bits per heavy atom. The Balaban J connectivity index is 1.30. The van der Waals surface area contributed by atoms with Crippen molar-refractivity contribution in [3.63, 3.8) is 0 Å². The van der Waals surface area contributed by atoms with E-state index in [0.717, 1.165) is 87.0 Å². The normalized spacial score (nSPS) is 18.0. The third-order valence-corrected chi connectivity index (χ3v) is 8.37. The maximum Gasteiger partial charge on any atom is 0.251 e. The van der Waals surface area contributed by atoms with Crippen LogP contribution in [0.2, 0.25) is 0 Å². The molecule has 0 bridgehead atoms. The minimum Gasteiger partial charge on any atom is -0.491 e. The molecule has 2 saturated heterocycles. The number of rotatable bonds is 8. The van der Waals surface area contributed by atoms with Crippen molar-refractivity contribution in [3.8, 4) is 22.9 Å². The molecule has 0 spiro atoms. The molecule has 0 saturated carbocycles. The summed E-state index contributed by atoms with van der Waals surface area (Å²) < 4.78 is 13.3. The van der Waals surface area contributed by atoms with Crippen LogP contribution in [0.4, 0.5) is 5.82 Å². The van der Waals surface area contributed by atoms with E-state index in [-0.39, 0.29) is 11.8 Å². The van der Waals surface area contributed by atoms with Gasteiger partial charge in [-0.3, -0.25) is 9.69 Å². The summed E-state index contributed by atoms with van der Waals surface area (Å²) in [5, 5.41) is 14.1. The molecule has 216 valence electrons. The highest BCUT2D eigenvalue weighted by Crippen LogP contribution is 2.35. The zero-order valence-electron chi connectivity index (χ0n) is 24.5. The van der Waals surface area contributed by atoms with Crippen LogP contribution in [0.1, 0.15) is 46.1 Å². The van der Waals surface area contributed by atoms with Crippen LogP contribution in [0.5, 0.6) is 5.75 Å². The highest BCUT2D eigenvalue weighted by atomic mass is 16.5. The molecule has 0 aromatic carbocycles. The van der Waals surface area contributed by atoms with Crippen molar-refractivity contribution in [3.05, 3.63) is 42.4 Å². The van der Waals surface area contributed by atoms with Crippen LogP contribution in [-0.2, 0) is 9.53 Å². The third-order valence-electron chi connectivity index (χ3n) is 8.37. The van der Waals surface area contributed by atoms with E-state index in [9.17, 15) is 10.1 Å². The number of pyridine rings is 2. The number of nitrogens with zero attached hydrogens (tertiary/aromatic N) is 7. The molecule has 3 aromatic heterocycles. The largest absolute Gasteiger partial charge is 0.491 e. The van der Waals surface area contributed by atoms with Crippen molar-refractivity contribution in [2.75, 3.05) is 57.4 Å². The van der Waals surface area contributed by atoms with Crippen LogP contribution in [-0.4, -0.2) is 83.7 Å². The fourth-order valence-corrected chi connectivity index (χ4v) is 5.20. The molecule has 2 fully saturated rings. The minimum absolute atomic E-state index is 0.0168. The molecule has 10 heteroatoms. The van der Waals surface area contributed by atoms with Crippen molar-refractivity contribution < 1.29 is 14.3 Å². The number of aromatic nitrogens is 3. The van der Waals surface area contributed by atoms with E-state index in [4.69, 9.17) is 14.5 Å². The van der Waals surface area contributed by atoms with Crippen LogP contribution in [0.25, 0.3) is 16.6 Å². The number of anilines is 1. The monoisotopic (exact) mass is 557 g/mol. The first-order valence-corrected chi connectivity index (χ1v) is 14.4. The summed E-state index contributed by atoms with van der Waals surface area (Å²) in [7, 11) is 0. The molecular formula is C31H39N7O3. The van der Waals surface area contributed by atoms with Crippen LogP contribution in [0, 0.1) is 22.7 Å². The second-order valence-electron chi connectivity index (χ2n) is 11.5. The average Bonchev–Trinajstić information content (AvgIpc) is 3.41. The van der Waals surface area contributed by atoms with E-state index in [1.165, 1.54) is 0 Å². The first-order valence-electron chi connectivity index (χ1n) is 14.4. The summed E-state index contributed by atoms with van der Waals surface area (Å²) in [6.45, 7) is 14.2. The summed E-state index contributed by atoms with van der Waals surface area (Å²) >= 11 is 0. The summed E-state index contributed by atoms with van der Waals surface area (Å²) in [5.41, 5.74) is 3.39. The number of carbonyl (C=O) groups excluding carboxylic acids is 1. The van der Waals surface area contributed by atoms with Gasteiger partial charge in [0.1, 0.15) is 24.2 Å². The molecule has 0 atom stereocenters. The van der Waals surface area contributed by atoms with Crippen LogP contribution in [0.3, 0.4) is 0 Å². The van der Waals surface area contributed by atoms with Crippen LogP contribution in [0.15, 0.2) is 41.8 Å². The Bertz CT molecular complexity index is 1440. The first-order chi connectivity index (χ1) is 19.8. The Labute approximate surface area is 241 Å². The maximum atomic E-state index is 12.9. The van der Waals surface area contributed by atoms with Gasteiger partial charge in [0.2, 0.25) is 0 Å². The quantitative estimate of drug-likeness (QED) is 0.379. The molecule has 2 aliphatic rings. The number of morpholine rings is 1. The second kappa shape index (κ2) is 12.4. The van der Waals surface area contributed by atoms with Crippen molar-refractivity contribution in [1.29, 1.82) is 5.26 Å². The molecule has 0 N–H and O–H groups in total. The van der Waals surface area contributed by atoms with Gasteiger partial charge >= 0.3 is 0 Å². The third kappa shape index (κ3) is 6.42. The summed E-state index contributed by atoms with van der Waals surface area (Å²) in [6.07, 6.45) is 6.70. The summed E-state index contributed by atoms with van der Waals surface area (Å²) in [4.78, 5) is 26.6. The second-order valence-corrected chi connectivity index (χ2v) is 11.5. The van der Waals surface area contributed by atoms with Crippen molar-refractivity contribution in [2.45, 2.75) is 40.5 Å². The van der Waals surface area contributed by atoms with Gasteiger partial charge in [-0.2, -0.15) is 10.4 Å². The van der Waals surface area contributed by atoms with Crippen molar-refractivity contribution in [2.24, 2.45) is 16.3 Å². The number of nitriles is 1. The Morgan fingerprint density at radius 2 is 1.95 bits per heavy atom.